The second kappa shape index (κ2) is 4.79. The molecular weight excluding hydrogens is 254 g/mol. The van der Waals surface area contributed by atoms with E-state index in [2.05, 4.69) is 5.10 Å². The highest BCUT2D eigenvalue weighted by molar-refractivity contribution is 6.01. The van der Waals surface area contributed by atoms with E-state index in [-0.39, 0.29) is 5.78 Å². The van der Waals surface area contributed by atoms with Gasteiger partial charge in [0.15, 0.2) is 5.78 Å². The normalized spacial score (nSPS) is 10.8. The van der Waals surface area contributed by atoms with Crippen molar-refractivity contribution in [2.75, 3.05) is 12.3 Å². The lowest BCUT2D eigenvalue weighted by Gasteiger charge is -2.02. The Balaban J connectivity index is 2.17. The summed E-state index contributed by atoms with van der Waals surface area (Å²) in [5.74, 6) is 0.189. The molecule has 5 nitrogen and oxygen atoms in total. The topological polar surface area (TPSA) is 81.1 Å². The van der Waals surface area contributed by atoms with Gasteiger partial charge in [0.2, 0.25) is 0 Å². The molecule has 20 heavy (non-hydrogen) atoms. The number of ketones is 1. The van der Waals surface area contributed by atoms with Gasteiger partial charge >= 0.3 is 0 Å². The van der Waals surface area contributed by atoms with Crippen LogP contribution >= 0.6 is 0 Å². The molecule has 3 aromatic rings. The third kappa shape index (κ3) is 1.94. The lowest BCUT2D eigenvalue weighted by atomic mass is 10.1. The van der Waals surface area contributed by atoms with Gasteiger partial charge in [0, 0.05) is 10.9 Å². The lowest BCUT2D eigenvalue weighted by molar-refractivity contribution is 0.0904. The summed E-state index contributed by atoms with van der Waals surface area (Å²) >= 11 is 0. The van der Waals surface area contributed by atoms with Crippen LogP contribution < -0.4 is 5.73 Å². The van der Waals surface area contributed by atoms with Crippen LogP contribution in [0.1, 0.15) is 10.4 Å². The van der Waals surface area contributed by atoms with Gasteiger partial charge in [0.1, 0.15) is 12.4 Å². The van der Waals surface area contributed by atoms with Crippen molar-refractivity contribution < 1.29 is 9.90 Å². The average molecular weight is 267 g/mol. The largest absolute Gasteiger partial charge is 0.388 e. The molecule has 3 N–H and O–H groups in total. The highest BCUT2D eigenvalue weighted by Gasteiger charge is 2.12. The number of benzene rings is 2. The highest BCUT2D eigenvalue weighted by atomic mass is 16.3. The van der Waals surface area contributed by atoms with Crippen molar-refractivity contribution in [3.05, 3.63) is 54.1 Å². The summed E-state index contributed by atoms with van der Waals surface area (Å²) in [7, 11) is 0. The van der Waals surface area contributed by atoms with Crippen LogP contribution in [0.15, 0.2) is 48.5 Å². The molecule has 0 atom stereocenters. The summed E-state index contributed by atoms with van der Waals surface area (Å²) in [4.78, 5) is 11.5. The molecule has 0 aliphatic carbocycles. The van der Waals surface area contributed by atoms with Gasteiger partial charge in [-0.1, -0.05) is 24.3 Å². The number of carbonyl (C=O) groups is 1. The number of rotatable bonds is 3. The molecule has 0 spiro atoms. The molecule has 1 aromatic heterocycles. The number of anilines is 1. The number of carbonyl (C=O) groups excluding carboxylic acids is 1. The molecule has 0 bridgehead atoms. The third-order valence-electron chi connectivity index (χ3n) is 3.18. The average Bonchev–Trinajstić information content (AvgIpc) is 2.84. The van der Waals surface area contributed by atoms with E-state index >= 15 is 0 Å². The predicted octanol–water partition coefficient (Wildman–Crippen LogP) is 1.78. The monoisotopic (exact) mass is 267 g/mol. The number of aromatic nitrogens is 2. The minimum Gasteiger partial charge on any atom is -0.388 e. The molecule has 5 heteroatoms. The zero-order valence-electron chi connectivity index (χ0n) is 10.7. The van der Waals surface area contributed by atoms with E-state index in [1.165, 1.54) is 0 Å². The molecule has 0 saturated heterocycles. The molecule has 0 fully saturated rings. The number of fused-ring (bicyclic) bond motifs is 1. The Morgan fingerprint density at radius 2 is 1.95 bits per heavy atom. The quantitative estimate of drug-likeness (QED) is 0.709. The molecule has 1 heterocycles. The number of aliphatic hydroxyl groups excluding tert-OH is 1. The van der Waals surface area contributed by atoms with Crippen LogP contribution in [0, 0.1) is 0 Å². The second-order valence-corrected chi connectivity index (χ2v) is 4.45. The van der Waals surface area contributed by atoms with Gasteiger partial charge in [-0.05, 0) is 24.3 Å². The standard InChI is InChI=1S/C15H13N3O2/c16-15-12-7-6-10(14(20)9-19)8-13(12)17-18(15)11-4-2-1-3-5-11/h1-8,19H,9,16H2. The molecular formula is C15H13N3O2. The van der Waals surface area contributed by atoms with Crippen LogP contribution in [-0.4, -0.2) is 27.3 Å². The smallest absolute Gasteiger partial charge is 0.188 e. The first-order chi connectivity index (χ1) is 9.70. The van der Waals surface area contributed by atoms with E-state index < -0.39 is 6.61 Å². The molecule has 0 saturated carbocycles. The molecule has 0 radical (unpaired) electrons. The van der Waals surface area contributed by atoms with Gasteiger partial charge in [0.25, 0.3) is 0 Å². The molecule has 3 rings (SSSR count). The Morgan fingerprint density at radius 3 is 2.65 bits per heavy atom. The molecule has 0 unspecified atom stereocenters. The van der Waals surface area contributed by atoms with Crippen molar-refractivity contribution in [2.24, 2.45) is 0 Å². The summed E-state index contributed by atoms with van der Waals surface area (Å²) in [6.45, 7) is -0.514. The van der Waals surface area contributed by atoms with Crippen molar-refractivity contribution in [1.82, 2.24) is 9.78 Å². The summed E-state index contributed by atoms with van der Waals surface area (Å²) < 4.78 is 1.64. The van der Waals surface area contributed by atoms with Crippen molar-refractivity contribution in [1.29, 1.82) is 0 Å². The zero-order chi connectivity index (χ0) is 14.1. The minimum absolute atomic E-state index is 0.334. The van der Waals surface area contributed by atoms with Crippen molar-refractivity contribution >= 4 is 22.5 Å². The van der Waals surface area contributed by atoms with E-state index in [4.69, 9.17) is 10.8 Å². The first-order valence-electron chi connectivity index (χ1n) is 6.18. The fourth-order valence-electron chi connectivity index (χ4n) is 2.14. The van der Waals surface area contributed by atoms with E-state index in [1.54, 1.807) is 22.9 Å². The number of nitrogens with two attached hydrogens (primary N) is 1. The van der Waals surface area contributed by atoms with Gasteiger partial charge in [-0.2, -0.15) is 5.10 Å². The number of aliphatic hydroxyl groups is 1. The van der Waals surface area contributed by atoms with E-state index in [1.807, 2.05) is 30.3 Å². The molecule has 0 aliphatic rings. The first-order valence-corrected chi connectivity index (χ1v) is 6.18. The maximum Gasteiger partial charge on any atom is 0.188 e. The SMILES string of the molecule is Nc1c2ccc(C(=O)CO)cc2nn1-c1ccccc1. The summed E-state index contributed by atoms with van der Waals surface area (Å²) in [6.07, 6.45) is 0. The summed E-state index contributed by atoms with van der Waals surface area (Å²) in [5, 5.41) is 14.1. The molecule has 100 valence electrons. The number of para-hydroxylation sites is 1. The van der Waals surface area contributed by atoms with Crippen LogP contribution in [0.4, 0.5) is 5.82 Å². The van der Waals surface area contributed by atoms with Crippen molar-refractivity contribution in [3.63, 3.8) is 0 Å². The fraction of sp³-hybridized carbons (Fsp3) is 0.0667. The molecule has 0 amide bonds. The van der Waals surface area contributed by atoms with Crippen LogP contribution in [0.2, 0.25) is 0 Å². The number of hydrogen-bond acceptors (Lipinski definition) is 4. The predicted molar refractivity (Wildman–Crippen MR) is 76.9 cm³/mol. The van der Waals surface area contributed by atoms with Gasteiger partial charge < -0.3 is 10.8 Å². The Morgan fingerprint density at radius 1 is 1.20 bits per heavy atom. The van der Waals surface area contributed by atoms with Gasteiger partial charge in [-0.15, -0.1) is 0 Å². The number of Topliss-reactive ketones (excluding diaryl/α,β-unsaturated/α-hetero) is 1. The van der Waals surface area contributed by atoms with Crippen molar-refractivity contribution in [2.45, 2.75) is 0 Å². The Kier molecular flexibility index (Phi) is 2.96. The van der Waals surface area contributed by atoms with E-state index in [9.17, 15) is 4.79 Å². The Labute approximate surface area is 115 Å². The van der Waals surface area contributed by atoms with E-state index in [0.717, 1.165) is 11.1 Å². The Hall–Kier alpha value is -2.66. The van der Waals surface area contributed by atoms with Crippen LogP contribution in [0.5, 0.6) is 0 Å². The zero-order valence-corrected chi connectivity index (χ0v) is 10.7. The Bertz CT molecular complexity index is 778. The summed E-state index contributed by atoms with van der Waals surface area (Å²) in [5.41, 5.74) is 8.01. The second-order valence-electron chi connectivity index (χ2n) is 4.45. The van der Waals surface area contributed by atoms with Crippen LogP contribution in [-0.2, 0) is 0 Å². The van der Waals surface area contributed by atoms with E-state index in [0.29, 0.717) is 16.9 Å². The first kappa shape index (κ1) is 12.4. The lowest BCUT2D eigenvalue weighted by Crippen LogP contribution is -2.03. The van der Waals surface area contributed by atoms with Crippen molar-refractivity contribution in [3.8, 4) is 5.69 Å². The summed E-state index contributed by atoms with van der Waals surface area (Å²) in [6, 6.07) is 14.6. The fourth-order valence-corrected chi connectivity index (χ4v) is 2.14. The van der Waals surface area contributed by atoms with Crippen LogP contribution in [0.3, 0.4) is 0 Å². The third-order valence-corrected chi connectivity index (χ3v) is 3.18. The molecule has 0 aliphatic heterocycles. The van der Waals surface area contributed by atoms with Gasteiger partial charge in [-0.25, -0.2) is 4.68 Å². The highest BCUT2D eigenvalue weighted by Crippen LogP contribution is 2.24. The number of nitrogen functional groups attached to an aromatic ring is 1. The van der Waals surface area contributed by atoms with Crippen LogP contribution in [0.25, 0.3) is 16.6 Å². The maximum absolute atomic E-state index is 11.5. The van der Waals surface area contributed by atoms with Gasteiger partial charge in [-0.3, -0.25) is 4.79 Å². The number of nitrogens with zero attached hydrogens (tertiary/aromatic N) is 2. The molecule has 2 aromatic carbocycles. The maximum atomic E-state index is 11.5. The van der Waals surface area contributed by atoms with Gasteiger partial charge in [0.05, 0.1) is 11.2 Å². The number of hydrogen-bond donors (Lipinski definition) is 2. The minimum atomic E-state index is -0.514.